The van der Waals surface area contributed by atoms with Gasteiger partial charge in [-0.3, -0.25) is 14.5 Å². The lowest BCUT2D eigenvalue weighted by Gasteiger charge is -2.44. The molecule has 2 saturated heterocycles. The number of dihydropyridines is 1. The number of piperazine rings is 1. The molecule has 3 aliphatic heterocycles. The largest absolute Gasteiger partial charge is 0.375 e. The Labute approximate surface area is 243 Å². The van der Waals surface area contributed by atoms with Crippen molar-refractivity contribution in [1.82, 2.24) is 9.88 Å². The van der Waals surface area contributed by atoms with Crippen LogP contribution in [0.4, 0.5) is 30.4 Å². The van der Waals surface area contributed by atoms with E-state index in [-0.39, 0.29) is 29.4 Å². The average Bonchev–Trinajstić information content (AvgIpc) is 2.96. The molecule has 4 atom stereocenters. The number of anilines is 3. The predicted molar refractivity (Wildman–Crippen MR) is 156 cm³/mol. The zero-order valence-electron chi connectivity index (χ0n) is 24.1. The number of amides is 2. The van der Waals surface area contributed by atoms with E-state index < -0.39 is 35.5 Å². The summed E-state index contributed by atoms with van der Waals surface area (Å²) in [7, 11) is 2.02. The van der Waals surface area contributed by atoms with Crippen molar-refractivity contribution in [3.8, 4) is 11.1 Å². The number of morpholine rings is 1. The highest BCUT2D eigenvalue weighted by Gasteiger charge is 2.33. The van der Waals surface area contributed by atoms with Crippen LogP contribution in [0.15, 0.2) is 47.1 Å². The molecule has 0 saturated carbocycles. The molecule has 3 aliphatic rings. The van der Waals surface area contributed by atoms with Crippen molar-refractivity contribution in [2.45, 2.75) is 45.4 Å². The normalized spacial score (nSPS) is 25.1. The van der Waals surface area contributed by atoms with Crippen LogP contribution in [0, 0.1) is 11.7 Å². The number of aromatic nitrogens is 1. The first-order chi connectivity index (χ1) is 20.0. The zero-order valence-corrected chi connectivity index (χ0v) is 24.1. The van der Waals surface area contributed by atoms with E-state index in [0.29, 0.717) is 50.1 Å². The Balaban J connectivity index is 1.50. The van der Waals surface area contributed by atoms with Crippen molar-refractivity contribution in [2.75, 3.05) is 55.0 Å². The molecular formula is C30H35F3N6O3. The van der Waals surface area contributed by atoms with Gasteiger partial charge in [0.1, 0.15) is 17.6 Å². The van der Waals surface area contributed by atoms with Crippen LogP contribution in [0.5, 0.6) is 0 Å². The van der Waals surface area contributed by atoms with E-state index in [0.717, 1.165) is 12.0 Å². The molecule has 4 heterocycles. The number of nitrogens with zero attached hydrogens (tertiary/aromatic N) is 5. The quantitative estimate of drug-likeness (QED) is 0.549. The van der Waals surface area contributed by atoms with Crippen LogP contribution < -0.4 is 15.1 Å². The standard InChI is InChI=1S/C30H35F3N6O3/c1-17-14-39(15-18(2)37(17)4)26-11-24(31)21(20-5-6-27(34-12-20)38-7-8-42-19(3)16-38)9-25(26)36-30(41)23-13-35-28(40)10-22(23)29(32)33/h5-6,9-13,17-19,23,29H,7-8,14-16H2,1-4H3,(H,36,41)/t17-,18+,19-,23?/m0/s1. The van der Waals surface area contributed by atoms with Crippen molar-refractivity contribution >= 4 is 35.2 Å². The van der Waals surface area contributed by atoms with Gasteiger partial charge in [0.15, 0.2) is 0 Å². The number of halogens is 3. The monoisotopic (exact) mass is 584 g/mol. The summed E-state index contributed by atoms with van der Waals surface area (Å²) in [6, 6.07) is 6.76. The van der Waals surface area contributed by atoms with Gasteiger partial charge in [-0.2, -0.15) is 0 Å². The number of benzene rings is 1. The molecule has 2 fully saturated rings. The van der Waals surface area contributed by atoms with Gasteiger partial charge in [0.05, 0.1) is 24.1 Å². The maximum absolute atomic E-state index is 15.8. The molecule has 42 heavy (non-hydrogen) atoms. The summed E-state index contributed by atoms with van der Waals surface area (Å²) in [5.74, 6) is -2.83. The van der Waals surface area contributed by atoms with E-state index in [1.54, 1.807) is 12.3 Å². The van der Waals surface area contributed by atoms with Gasteiger partial charge < -0.3 is 19.9 Å². The number of alkyl halides is 2. The number of ether oxygens (including phenoxy) is 1. The minimum absolute atomic E-state index is 0.0733. The van der Waals surface area contributed by atoms with E-state index in [4.69, 9.17) is 4.74 Å². The molecule has 0 radical (unpaired) electrons. The van der Waals surface area contributed by atoms with Crippen LogP contribution in [0.2, 0.25) is 0 Å². The Bertz CT molecular complexity index is 1390. The van der Waals surface area contributed by atoms with Gasteiger partial charge in [0.25, 0.3) is 12.3 Å². The van der Waals surface area contributed by atoms with Crippen LogP contribution in [-0.2, 0) is 14.3 Å². The lowest BCUT2D eigenvalue weighted by Crippen LogP contribution is -2.55. The number of hydrogen-bond donors (Lipinski definition) is 1. The highest BCUT2D eigenvalue weighted by Crippen LogP contribution is 2.37. The van der Waals surface area contributed by atoms with Gasteiger partial charge in [-0.15, -0.1) is 0 Å². The van der Waals surface area contributed by atoms with Gasteiger partial charge in [-0.05, 0) is 52.1 Å². The molecule has 1 N–H and O–H groups in total. The highest BCUT2D eigenvalue weighted by molar-refractivity contribution is 6.11. The molecule has 0 aliphatic carbocycles. The van der Waals surface area contributed by atoms with Crippen molar-refractivity contribution in [1.29, 1.82) is 0 Å². The fourth-order valence-corrected chi connectivity index (χ4v) is 5.64. The summed E-state index contributed by atoms with van der Waals surface area (Å²) in [6.45, 7) is 9.23. The number of hydrogen-bond acceptors (Lipinski definition) is 7. The van der Waals surface area contributed by atoms with E-state index in [9.17, 15) is 18.4 Å². The number of carbonyl (C=O) groups excluding carboxylic acids is 2. The summed E-state index contributed by atoms with van der Waals surface area (Å²) in [5.41, 5.74) is 0.781. The summed E-state index contributed by atoms with van der Waals surface area (Å²) in [5, 5.41) is 2.74. The van der Waals surface area contributed by atoms with E-state index >= 15 is 4.39 Å². The Hall–Kier alpha value is -3.77. The van der Waals surface area contributed by atoms with Crippen LogP contribution in [-0.4, -0.2) is 92.4 Å². The molecule has 1 aromatic heterocycles. The first-order valence-corrected chi connectivity index (χ1v) is 14.0. The summed E-state index contributed by atoms with van der Waals surface area (Å²) < 4.78 is 48.8. The maximum Gasteiger partial charge on any atom is 0.269 e. The molecule has 0 bridgehead atoms. The number of nitrogens with one attached hydrogen (secondary N) is 1. The number of aliphatic imine (C=N–C) groups is 1. The fourth-order valence-electron chi connectivity index (χ4n) is 5.64. The molecule has 0 spiro atoms. The lowest BCUT2D eigenvalue weighted by molar-refractivity contribution is -0.117. The Morgan fingerprint density at radius 2 is 1.83 bits per heavy atom. The molecule has 224 valence electrons. The topological polar surface area (TPSA) is 90.4 Å². The molecule has 1 unspecified atom stereocenters. The molecule has 5 rings (SSSR count). The second kappa shape index (κ2) is 12.2. The molecule has 2 amide bonds. The summed E-state index contributed by atoms with van der Waals surface area (Å²) in [6.07, 6.45) is 0.259. The van der Waals surface area contributed by atoms with Crippen LogP contribution in [0.25, 0.3) is 11.1 Å². The zero-order chi connectivity index (χ0) is 30.1. The van der Waals surface area contributed by atoms with Crippen LogP contribution in [0.1, 0.15) is 20.8 Å². The smallest absolute Gasteiger partial charge is 0.269 e. The Morgan fingerprint density at radius 3 is 2.48 bits per heavy atom. The third kappa shape index (κ3) is 6.19. The molecular weight excluding hydrogens is 549 g/mol. The van der Waals surface area contributed by atoms with Gasteiger partial charge in [-0.1, -0.05) is 0 Å². The third-order valence-electron chi connectivity index (χ3n) is 8.20. The third-order valence-corrected chi connectivity index (χ3v) is 8.20. The number of pyridine rings is 1. The number of rotatable bonds is 6. The predicted octanol–water partition coefficient (Wildman–Crippen LogP) is 4.00. The summed E-state index contributed by atoms with van der Waals surface area (Å²) in [4.78, 5) is 39.4. The second-order valence-electron chi connectivity index (χ2n) is 11.2. The minimum atomic E-state index is -3.02. The van der Waals surface area contributed by atoms with E-state index in [2.05, 4.69) is 38.9 Å². The molecule has 2 aromatic rings. The number of carbonyl (C=O) groups is 2. The van der Waals surface area contributed by atoms with Gasteiger partial charge in [0.2, 0.25) is 5.91 Å². The van der Waals surface area contributed by atoms with Gasteiger partial charge in [-0.25, -0.2) is 23.1 Å². The van der Waals surface area contributed by atoms with E-state index in [1.165, 1.54) is 12.1 Å². The fraction of sp³-hybridized carbons (Fsp3) is 0.467. The molecule has 9 nitrogen and oxygen atoms in total. The second-order valence-corrected chi connectivity index (χ2v) is 11.2. The SMILES string of the molecule is C[C@@H]1CN(c2cc(F)c(-c3ccc(N4CCO[C@@H](C)C4)nc3)cc2NC(=O)C2C=NC(=O)C=C2C(F)F)C[C@H](C)N1C. The number of likely N-dealkylation sites (N-methyl/N-ethyl adjacent to an activating group) is 1. The van der Waals surface area contributed by atoms with Crippen molar-refractivity contribution < 1.29 is 27.5 Å². The molecule has 12 heteroatoms. The van der Waals surface area contributed by atoms with Crippen molar-refractivity contribution in [3.63, 3.8) is 0 Å². The maximum atomic E-state index is 15.8. The first-order valence-electron chi connectivity index (χ1n) is 14.0. The van der Waals surface area contributed by atoms with Gasteiger partial charge >= 0.3 is 0 Å². The van der Waals surface area contributed by atoms with Crippen molar-refractivity contribution in [2.24, 2.45) is 10.9 Å². The average molecular weight is 585 g/mol. The van der Waals surface area contributed by atoms with Crippen LogP contribution >= 0.6 is 0 Å². The highest BCUT2D eigenvalue weighted by atomic mass is 19.3. The molecule has 1 aromatic carbocycles. The summed E-state index contributed by atoms with van der Waals surface area (Å²) >= 11 is 0. The Morgan fingerprint density at radius 1 is 1.10 bits per heavy atom. The van der Waals surface area contributed by atoms with Gasteiger partial charge in [0, 0.05) is 73.5 Å². The Kier molecular flexibility index (Phi) is 8.65. The minimum Gasteiger partial charge on any atom is -0.375 e. The van der Waals surface area contributed by atoms with Crippen molar-refractivity contribution in [3.05, 3.63) is 47.9 Å². The first kappa shape index (κ1) is 29.7. The lowest BCUT2D eigenvalue weighted by atomic mass is 9.96. The van der Waals surface area contributed by atoms with Crippen LogP contribution in [0.3, 0.4) is 0 Å². The van der Waals surface area contributed by atoms with E-state index in [1.807, 2.05) is 24.9 Å².